The molecule has 0 aromatic carbocycles. The van der Waals surface area contributed by atoms with Gasteiger partial charge in [-0.2, -0.15) is 0 Å². The molecule has 1 aliphatic carbocycles. The summed E-state index contributed by atoms with van der Waals surface area (Å²) in [7, 11) is 0. The number of carboxylic acids is 1. The van der Waals surface area contributed by atoms with Crippen LogP contribution in [0.25, 0.3) is 0 Å². The maximum absolute atomic E-state index is 13.8. The second kappa shape index (κ2) is 12.5. The SMILES string of the molecule is CCCCC(F)C(O)/C=C/[C@H]1CCC[C@@H]1CCCCCC(C)C(=O)O. The zero-order chi connectivity index (χ0) is 18.7. The van der Waals surface area contributed by atoms with Gasteiger partial charge >= 0.3 is 5.97 Å². The van der Waals surface area contributed by atoms with Gasteiger partial charge in [0.05, 0.1) is 5.92 Å². The summed E-state index contributed by atoms with van der Waals surface area (Å²) in [5, 5.41) is 18.8. The molecule has 25 heavy (non-hydrogen) atoms. The van der Waals surface area contributed by atoms with E-state index in [1.165, 1.54) is 12.8 Å². The van der Waals surface area contributed by atoms with Gasteiger partial charge in [0.15, 0.2) is 0 Å². The van der Waals surface area contributed by atoms with Crippen LogP contribution in [-0.2, 0) is 4.79 Å². The molecule has 1 rings (SSSR count). The van der Waals surface area contributed by atoms with Crippen molar-refractivity contribution >= 4 is 5.97 Å². The van der Waals surface area contributed by atoms with Crippen LogP contribution in [0.1, 0.15) is 84.5 Å². The van der Waals surface area contributed by atoms with E-state index in [0.29, 0.717) is 18.3 Å². The van der Waals surface area contributed by atoms with Crippen molar-refractivity contribution in [3.8, 4) is 0 Å². The fraction of sp³-hybridized carbons (Fsp3) is 0.857. The number of aliphatic hydroxyl groups excluding tert-OH is 1. The number of alkyl halides is 1. The lowest BCUT2D eigenvalue weighted by atomic mass is 9.89. The highest BCUT2D eigenvalue weighted by molar-refractivity contribution is 5.69. The van der Waals surface area contributed by atoms with E-state index in [4.69, 9.17) is 5.11 Å². The molecule has 1 aliphatic rings. The van der Waals surface area contributed by atoms with Crippen LogP contribution in [0.2, 0.25) is 0 Å². The summed E-state index contributed by atoms with van der Waals surface area (Å²) in [5.74, 6) is 0.148. The number of carboxylic acid groups (broad SMARTS) is 1. The minimum atomic E-state index is -1.15. The number of hydrogen-bond donors (Lipinski definition) is 2. The molecule has 0 spiro atoms. The lowest BCUT2D eigenvalue weighted by molar-refractivity contribution is -0.141. The molecule has 2 N–H and O–H groups in total. The van der Waals surface area contributed by atoms with Crippen LogP contribution < -0.4 is 0 Å². The van der Waals surface area contributed by atoms with E-state index >= 15 is 0 Å². The van der Waals surface area contributed by atoms with Crippen LogP contribution in [0.3, 0.4) is 0 Å². The topological polar surface area (TPSA) is 57.5 Å². The predicted molar refractivity (Wildman–Crippen MR) is 100 cm³/mol. The van der Waals surface area contributed by atoms with Crippen LogP contribution in [0, 0.1) is 17.8 Å². The van der Waals surface area contributed by atoms with Crippen molar-refractivity contribution in [2.45, 2.75) is 96.8 Å². The summed E-state index contributed by atoms with van der Waals surface area (Å²) >= 11 is 0. The van der Waals surface area contributed by atoms with Crippen molar-refractivity contribution in [3.05, 3.63) is 12.2 Å². The molecular formula is C21H37FO3. The number of carbonyl (C=O) groups is 1. The summed E-state index contributed by atoms with van der Waals surface area (Å²) in [5.41, 5.74) is 0. The van der Waals surface area contributed by atoms with Crippen LogP contribution >= 0.6 is 0 Å². The van der Waals surface area contributed by atoms with Gasteiger partial charge < -0.3 is 10.2 Å². The molecule has 0 aromatic rings. The van der Waals surface area contributed by atoms with Gasteiger partial charge in [-0.25, -0.2) is 4.39 Å². The Labute approximate surface area is 152 Å². The third kappa shape index (κ3) is 8.84. The van der Waals surface area contributed by atoms with E-state index in [1.54, 1.807) is 13.0 Å². The normalized spacial score (nSPS) is 24.5. The Hall–Kier alpha value is -0.900. The zero-order valence-electron chi connectivity index (χ0n) is 16.0. The molecule has 1 fully saturated rings. The van der Waals surface area contributed by atoms with Gasteiger partial charge in [0.2, 0.25) is 0 Å². The molecule has 0 bridgehead atoms. The standard InChI is InChI=1S/C21H37FO3/c1-3-4-13-19(22)20(23)15-14-18-12-8-11-17(18)10-7-5-6-9-16(2)21(24)25/h14-20,23H,3-13H2,1-2H3,(H,24,25)/b15-14+/t16?,17-,18+,19?,20?/m0/s1. The summed E-state index contributed by atoms with van der Waals surface area (Å²) in [6, 6.07) is 0. The molecule has 3 nitrogen and oxygen atoms in total. The van der Waals surface area contributed by atoms with Gasteiger partial charge in [0, 0.05) is 0 Å². The highest BCUT2D eigenvalue weighted by Gasteiger charge is 2.25. The maximum Gasteiger partial charge on any atom is 0.306 e. The first-order valence-corrected chi connectivity index (χ1v) is 10.2. The van der Waals surface area contributed by atoms with Crippen LogP contribution in [-0.4, -0.2) is 28.5 Å². The third-order valence-electron chi connectivity index (χ3n) is 5.61. The van der Waals surface area contributed by atoms with Crippen molar-refractivity contribution in [2.24, 2.45) is 17.8 Å². The first-order chi connectivity index (χ1) is 12.0. The maximum atomic E-state index is 13.8. The van der Waals surface area contributed by atoms with E-state index in [1.807, 2.05) is 13.0 Å². The number of hydrogen-bond acceptors (Lipinski definition) is 2. The molecule has 0 saturated heterocycles. The minimum absolute atomic E-state index is 0.245. The quantitative estimate of drug-likeness (QED) is 0.337. The largest absolute Gasteiger partial charge is 0.481 e. The molecule has 0 amide bonds. The number of rotatable bonds is 13. The first-order valence-electron chi connectivity index (χ1n) is 10.2. The van der Waals surface area contributed by atoms with E-state index in [-0.39, 0.29) is 5.92 Å². The summed E-state index contributed by atoms with van der Waals surface area (Å²) in [6.45, 7) is 3.80. The summed E-state index contributed by atoms with van der Waals surface area (Å²) in [4.78, 5) is 10.8. The predicted octanol–water partition coefficient (Wildman–Crippen LogP) is 5.52. The number of aliphatic hydroxyl groups is 1. The molecule has 0 aromatic heterocycles. The molecule has 0 radical (unpaired) electrons. The third-order valence-corrected chi connectivity index (χ3v) is 5.61. The summed E-state index contributed by atoms with van der Waals surface area (Å²) < 4.78 is 13.8. The minimum Gasteiger partial charge on any atom is -0.481 e. The summed E-state index contributed by atoms with van der Waals surface area (Å²) in [6.07, 6.45) is 12.5. The van der Waals surface area contributed by atoms with Crippen molar-refractivity contribution in [1.29, 1.82) is 0 Å². The lowest BCUT2D eigenvalue weighted by Gasteiger charge is -2.18. The Kier molecular flexibility index (Phi) is 11.0. The molecule has 0 aliphatic heterocycles. The second-order valence-corrected chi connectivity index (χ2v) is 7.77. The number of halogens is 1. The Balaban J connectivity index is 2.26. The Morgan fingerprint density at radius 1 is 1.20 bits per heavy atom. The van der Waals surface area contributed by atoms with Gasteiger partial charge in [-0.05, 0) is 43.9 Å². The Morgan fingerprint density at radius 3 is 2.64 bits per heavy atom. The van der Waals surface area contributed by atoms with Crippen LogP contribution in [0.4, 0.5) is 4.39 Å². The number of unbranched alkanes of at least 4 members (excludes halogenated alkanes) is 3. The van der Waals surface area contributed by atoms with E-state index in [9.17, 15) is 14.3 Å². The molecule has 146 valence electrons. The van der Waals surface area contributed by atoms with Crippen LogP contribution in [0.15, 0.2) is 12.2 Å². The Bertz CT molecular complexity index is 397. The lowest BCUT2D eigenvalue weighted by Crippen LogP contribution is -2.19. The molecule has 5 atom stereocenters. The second-order valence-electron chi connectivity index (χ2n) is 7.77. The van der Waals surface area contributed by atoms with Crippen molar-refractivity contribution in [2.75, 3.05) is 0 Å². The first kappa shape index (κ1) is 22.1. The highest BCUT2D eigenvalue weighted by Crippen LogP contribution is 2.36. The van der Waals surface area contributed by atoms with Gasteiger partial charge in [-0.3, -0.25) is 4.79 Å². The average molecular weight is 357 g/mol. The van der Waals surface area contributed by atoms with Gasteiger partial charge in [0.1, 0.15) is 12.3 Å². The highest BCUT2D eigenvalue weighted by atomic mass is 19.1. The smallest absolute Gasteiger partial charge is 0.306 e. The number of aliphatic carboxylic acids is 1. The van der Waals surface area contributed by atoms with Crippen LogP contribution in [0.5, 0.6) is 0 Å². The van der Waals surface area contributed by atoms with E-state index < -0.39 is 18.2 Å². The van der Waals surface area contributed by atoms with Crippen molar-refractivity contribution < 1.29 is 19.4 Å². The zero-order valence-corrected chi connectivity index (χ0v) is 16.0. The fourth-order valence-electron chi connectivity index (χ4n) is 3.78. The monoisotopic (exact) mass is 356 g/mol. The average Bonchev–Trinajstić information content (AvgIpc) is 3.04. The fourth-order valence-corrected chi connectivity index (χ4v) is 3.78. The molecule has 3 unspecified atom stereocenters. The molecule has 4 heteroatoms. The van der Waals surface area contributed by atoms with Gasteiger partial charge in [-0.1, -0.05) is 64.5 Å². The van der Waals surface area contributed by atoms with E-state index in [0.717, 1.165) is 51.4 Å². The van der Waals surface area contributed by atoms with Gasteiger partial charge in [0.25, 0.3) is 0 Å². The van der Waals surface area contributed by atoms with Crippen molar-refractivity contribution in [1.82, 2.24) is 0 Å². The molecular weight excluding hydrogens is 319 g/mol. The Morgan fingerprint density at radius 2 is 1.96 bits per heavy atom. The van der Waals surface area contributed by atoms with E-state index in [2.05, 4.69) is 0 Å². The number of allylic oxidation sites excluding steroid dienone is 1. The van der Waals surface area contributed by atoms with Crippen molar-refractivity contribution in [3.63, 3.8) is 0 Å². The van der Waals surface area contributed by atoms with Gasteiger partial charge in [-0.15, -0.1) is 0 Å². The molecule has 1 saturated carbocycles. The molecule has 0 heterocycles.